The lowest BCUT2D eigenvalue weighted by Gasteiger charge is -2.07. The standard InChI is InChI=1S/C12H9Br2NO/c13-8-4-9(14)6-12(5-8)16-11-3-1-2-10(15)7-11/h1-7H,15H2. The van der Waals surface area contributed by atoms with Crippen molar-refractivity contribution in [3.05, 3.63) is 51.4 Å². The van der Waals surface area contributed by atoms with E-state index in [0.29, 0.717) is 5.69 Å². The van der Waals surface area contributed by atoms with Crippen molar-refractivity contribution in [3.8, 4) is 11.5 Å². The fourth-order valence-electron chi connectivity index (χ4n) is 1.30. The van der Waals surface area contributed by atoms with Crippen LogP contribution in [0.15, 0.2) is 51.4 Å². The molecule has 0 saturated heterocycles. The molecule has 4 heteroatoms. The minimum Gasteiger partial charge on any atom is -0.457 e. The van der Waals surface area contributed by atoms with Gasteiger partial charge < -0.3 is 10.5 Å². The molecule has 2 aromatic carbocycles. The third-order valence-electron chi connectivity index (χ3n) is 1.93. The fourth-order valence-corrected chi connectivity index (χ4v) is 2.55. The number of anilines is 1. The molecule has 0 saturated carbocycles. The average molecular weight is 343 g/mol. The monoisotopic (exact) mass is 341 g/mol. The lowest BCUT2D eigenvalue weighted by Crippen LogP contribution is -1.87. The summed E-state index contributed by atoms with van der Waals surface area (Å²) >= 11 is 6.81. The number of hydrogen-bond donors (Lipinski definition) is 1. The maximum absolute atomic E-state index is 5.68. The molecule has 0 aliphatic rings. The van der Waals surface area contributed by atoms with Crippen molar-refractivity contribution in [3.63, 3.8) is 0 Å². The zero-order chi connectivity index (χ0) is 11.5. The van der Waals surface area contributed by atoms with Crippen LogP contribution in [0, 0.1) is 0 Å². The molecule has 0 spiro atoms. The van der Waals surface area contributed by atoms with Crippen molar-refractivity contribution in [1.82, 2.24) is 0 Å². The van der Waals surface area contributed by atoms with E-state index in [-0.39, 0.29) is 0 Å². The quantitative estimate of drug-likeness (QED) is 0.810. The van der Waals surface area contributed by atoms with Gasteiger partial charge in [0.05, 0.1) is 0 Å². The lowest BCUT2D eigenvalue weighted by molar-refractivity contribution is 0.482. The van der Waals surface area contributed by atoms with Crippen LogP contribution in [0.5, 0.6) is 11.5 Å². The molecule has 2 nitrogen and oxygen atoms in total. The molecule has 0 bridgehead atoms. The highest BCUT2D eigenvalue weighted by atomic mass is 79.9. The van der Waals surface area contributed by atoms with E-state index in [4.69, 9.17) is 10.5 Å². The van der Waals surface area contributed by atoms with E-state index in [2.05, 4.69) is 31.9 Å². The first-order valence-corrected chi connectivity index (χ1v) is 6.21. The Bertz CT molecular complexity index is 494. The molecule has 2 aromatic rings. The first-order chi connectivity index (χ1) is 7.63. The molecule has 0 amide bonds. The summed E-state index contributed by atoms with van der Waals surface area (Å²) in [5, 5.41) is 0. The summed E-state index contributed by atoms with van der Waals surface area (Å²) in [5.74, 6) is 1.48. The maximum atomic E-state index is 5.68. The highest BCUT2D eigenvalue weighted by Crippen LogP contribution is 2.29. The van der Waals surface area contributed by atoms with Crippen LogP contribution in [0.3, 0.4) is 0 Å². The molecular weight excluding hydrogens is 334 g/mol. The van der Waals surface area contributed by atoms with Gasteiger partial charge >= 0.3 is 0 Å². The Labute approximate surface area is 111 Å². The first kappa shape index (κ1) is 11.5. The Kier molecular flexibility index (Phi) is 3.51. The van der Waals surface area contributed by atoms with Crippen LogP contribution >= 0.6 is 31.9 Å². The van der Waals surface area contributed by atoms with Gasteiger partial charge in [-0.05, 0) is 30.3 Å². The van der Waals surface area contributed by atoms with Crippen molar-refractivity contribution >= 4 is 37.5 Å². The van der Waals surface area contributed by atoms with Crippen molar-refractivity contribution in [2.45, 2.75) is 0 Å². The highest BCUT2D eigenvalue weighted by Gasteiger charge is 2.00. The Morgan fingerprint density at radius 2 is 1.56 bits per heavy atom. The number of nitrogens with two attached hydrogens (primary N) is 1. The van der Waals surface area contributed by atoms with Crippen molar-refractivity contribution < 1.29 is 4.74 Å². The molecule has 0 aliphatic carbocycles. The largest absolute Gasteiger partial charge is 0.457 e. The van der Waals surface area contributed by atoms with E-state index < -0.39 is 0 Å². The van der Waals surface area contributed by atoms with E-state index in [1.54, 1.807) is 6.07 Å². The predicted molar refractivity (Wildman–Crippen MR) is 72.8 cm³/mol. The van der Waals surface area contributed by atoms with Gasteiger partial charge in [0, 0.05) is 20.7 Å². The van der Waals surface area contributed by atoms with Crippen molar-refractivity contribution in [1.29, 1.82) is 0 Å². The van der Waals surface area contributed by atoms with Gasteiger partial charge in [-0.25, -0.2) is 0 Å². The molecule has 0 aliphatic heterocycles. The zero-order valence-electron chi connectivity index (χ0n) is 8.28. The van der Waals surface area contributed by atoms with Crippen LogP contribution in [0.1, 0.15) is 0 Å². The normalized spacial score (nSPS) is 10.1. The van der Waals surface area contributed by atoms with Crippen LogP contribution in [-0.4, -0.2) is 0 Å². The van der Waals surface area contributed by atoms with Crippen molar-refractivity contribution in [2.24, 2.45) is 0 Å². The first-order valence-electron chi connectivity index (χ1n) is 4.63. The van der Waals surface area contributed by atoms with Crippen LogP contribution in [0.2, 0.25) is 0 Å². The van der Waals surface area contributed by atoms with E-state index >= 15 is 0 Å². The van der Waals surface area contributed by atoms with E-state index in [0.717, 1.165) is 20.4 Å². The number of halogens is 2. The molecule has 82 valence electrons. The maximum Gasteiger partial charge on any atom is 0.129 e. The fraction of sp³-hybridized carbons (Fsp3) is 0. The highest BCUT2D eigenvalue weighted by molar-refractivity contribution is 9.11. The van der Waals surface area contributed by atoms with Crippen LogP contribution in [-0.2, 0) is 0 Å². The molecule has 2 N–H and O–H groups in total. The lowest BCUT2D eigenvalue weighted by atomic mass is 10.3. The topological polar surface area (TPSA) is 35.2 Å². The van der Waals surface area contributed by atoms with E-state index in [1.165, 1.54) is 0 Å². The Hall–Kier alpha value is -1.000. The summed E-state index contributed by atoms with van der Waals surface area (Å²) in [6.07, 6.45) is 0. The minimum atomic E-state index is 0.687. The van der Waals surface area contributed by atoms with Gasteiger partial charge in [-0.1, -0.05) is 37.9 Å². The summed E-state index contributed by atoms with van der Waals surface area (Å²) in [4.78, 5) is 0. The van der Waals surface area contributed by atoms with Crippen LogP contribution in [0.4, 0.5) is 5.69 Å². The second-order valence-corrected chi connectivity index (χ2v) is 5.11. The molecule has 0 radical (unpaired) electrons. The van der Waals surface area contributed by atoms with Gasteiger partial charge in [-0.3, -0.25) is 0 Å². The third-order valence-corrected chi connectivity index (χ3v) is 2.85. The van der Waals surface area contributed by atoms with Gasteiger partial charge in [0.25, 0.3) is 0 Å². The smallest absolute Gasteiger partial charge is 0.129 e. The van der Waals surface area contributed by atoms with Gasteiger partial charge in [0.15, 0.2) is 0 Å². The number of nitrogen functional groups attached to an aromatic ring is 1. The van der Waals surface area contributed by atoms with Gasteiger partial charge in [-0.15, -0.1) is 0 Å². The molecule has 0 heterocycles. The average Bonchev–Trinajstić information content (AvgIpc) is 2.15. The van der Waals surface area contributed by atoms with Gasteiger partial charge in [0.1, 0.15) is 11.5 Å². The number of rotatable bonds is 2. The van der Waals surface area contributed by atoms with E-state index in [1.807, 2.05) is 36.4 Å². The second-order valence-electron chi connectivity index (χ2n) is 3.28. The molecule has 0 unspecified atom stereocenters. The van der Waals surface area contributed by atoms with Crippen LogP contribution < -0.4 is 10.5 Å². The van der Waals surface area contributed by atoms with Gasteiger partial charge in [0.2, 0.25) is 0 Å². The van der Waals surface area contributed by atoms with Crippen molar-refractivity contribution in [2.75, 3.05) is 5.73 Å². The minimum absolute atomic E-state index is 0.687. The molecule has 0 fully saturated rings. The number of hydrogen-bond acceptors (Lipinski definition) is 2. The Balaban J connectivity index is 2.27. The molecule has 0 aromatic heterocycles. The predicted octanol–water partition coefficient (Wildman–Crippen LogP) is 4.59. The summed E-state index contributed by atoms with van der Waals surface area (Å²) in [7, 11) is 0. The summed E-state index contributed by atoms with van der Waals surface area (Å²) in [6, 6.07) is 13.1. The molecule has 0 atom stereocenters. The SMILES string of the molecule is Nc1cccc(Oc2cc(Br)cc(Br)c2)c1. The third kappa shape index (κ3) is 3.00. The molecular formula is C12H9Br2NO. The summed E-state index contributed by atoms with van der Waals surface area (Å²) in [6.45, 7) is 0. The Morgan fingerprint density at radius 1 is 0.875 bits per heavy atom. The number of benzene rings is 2. The van der Waals surface area contributed by atoms with E-state index in [9.17, 15) is 0 Å². The number of ether oxygens (including phenoxy) is 1. The molecule has 2 rings (SSSR count). The zero-order valence-corrected chi connectivity index (χ0v) is 11.5. The molecule has 16 heavy (non-hydrogen) atoms. The second kappa shape index (κ2) is 4.89. The van der Waals surface area contributed by atoms with Crippen LogP contribution in [0.25, 0.3) is 0 Å². The summed E-state index contributed by atoms with van der Waals surface area (Å²) in [5.41, 5.74) is 6.36. The summed E-state index contributed by atoms with van der Waals surface area (Å²) < 4.78 is 7.60. The van der Waals surface area contributed by atoms with Gasteiger partial charge in [-0.2, -0.15) is 0 Å². The Morgan fingerprint density at radius 3 is 2.19 bits per heavy atom.